The third kappa shape index (κ3) is 3.03. The quantitative estimate of drug-likeness (QED) is 0.831. The van der Waals surface area contributed by atoms with Crippen molar-refractivity contribution in [3.8, 4) is 5.75 Å². The second-order valence-corrected chi connectivity index (χ2v) is 4.98. The number of rotatable bonds is 4. The van der Waals surface area contributed by atoms with E-state index in [4.69, 9.17) is 0 Å². The number of phenols is 1. The van der Waals surface area contributed by atoms with Crippen molar-refractivity contribution in [2.45, 2.75) is 45.6 Å². The van der Waals surface area contributed by atoms with Crippen LogP contribution in [0.25, 0.3) is 0 Å². The second-order valence-electron chi connectivity index (χ2n) is 4.98. The fourth-order valence-electron chi connectivity index (χ4n) is 2.44. The van der Waals surface area contributed by atoms with Crippen LogP contribution in [0, 0.1) is 0 Å². The van der Waals surface area contributed by atoms with Crippen molar-refractivity contribution in [2.24, 2.45) is 0 Å². The van der Waals surface area contributed by atoms with Gasteiger partial charge in [-0.05, 0) is 36.1 Å². The summed E-state index contributed by atoms with van der Waals surface area (Å²) in [6.07, 6.45) is 4.80. The van der Waals surface area contributed by atoms with Crippen LogP contribution in [-0.4, -0.2) is 22.5 Å². The van der Waals surface area contributed by atoms with E-state index < -0.39 is 0 Å². The standard InChI is InChI=1S/C15H21NO2/c1-2-3-4-5-15(18)16-9-8-12-6-7-14(17)10-13(12)11-16/h6-7,10,17H,2-5,8-9,11H2,1H3. The molecule has 1 aromatic rings. The SMILES string of the molecule is CCCCCC(=O)N1CCc2ccc(O)cc2C1. The molecule has 1 amide bonds. The molecule has 0 bridgehead atoms. The number of amides is 1. The number of benzene rings is 1. The Hall–Kier alpha value is -1.51. The van der Waals surface area contributed by atoms with E-state index in [9.17, 15) is 9.90 Å². The molecule has 0 unspecified atom stereocenters. The molecule has 3 heteroatoms. The minimum absolute atomic E-state index is 0.248. The summed E-state index contributed by atoms with van der Waals surface area (Å²) in [5.41, 5.74) is 2.34. The molecule has 98 valence electrons. The van der Waals surface area contributed by atoms with Gasteiger partial charge in [-0.1, -0.05) is 25.8 Å². The van der Waals surface area contributed by atoms with Crippen LogP contribution < -0.4 is 0 Å². The molecule has 1 heterocycles. The Balaban J connectivity index is 1.96. The molecule has 0 radical (unpaired) electrons. The van der Waals surface area contributed by atoms with Gasteiger partial charge in [0.25, 0.3) is 0 Å². The summed E-state index contributed by atoms with van der Waals surface area (Å²) in [7, 11) is 0. The first-order valence-electron chi connectivity index (χ1n) is 6.79. The first-order chi connectivity index (χ1) is 8.70. The number of aromatic hydroxyl groups is 1. The van der Waals surface area contributed by atoms with Crippen molar-refractivity contribution in [3.05, 3.63) is 29.3 Å². The maximum absolute atomic E-state index is 12.0. The van der Waals surface area contributed by atoms with Gasteiger partial charge in [-0.2, -0.15) is 0 Å². The third-order valence-electron chi connectivity index (χ3n) is 3.55. The van der Waals surface area contributed by atoms with Crippen LogP contribution >= 0.6 is 0 Å². The lowest BCUT2D eigenvalue weighted by Gasteiger charge is -2.29. The Morgan fingerprint density at radius 2 is 2.17 bits per heavy atom. The van der Waals surface area contributed by atoms with E-state index in [0.29, 0.717) is 13.0 Å². The van der Waals surface area contributed by atoms with Gasteiger partial charge in [0.2, 0.25) is 5.91 Å². The summed E-state index contributed by atoms with van der Waals surface area (Å²) in [6.45, 7) is 3.60. The molecule has 1 aliphatic rings. The van der Waals surface area contributed by atoms with E-state index in [1.165, 1.54) is 5.56 Å². The van der Waals surface area contributed by atoms with Crippen LogP contribution in [0.5, 0.6) is 5.75 Å². The monoisotopic (exact) mass is 247 g/mol. The summed E-state index contributed by atoms with van der Waals surface area (Å²) in [6, 6.07) is 5.46. The lowest BCUT2D eigenvalue weighted by Crippen LogP contribution is -2.35. The molecule has 1 aromatic carbocycles. The van der Waals surface area contributed by atoms with E-state index in [2.05, 4.69) is 6.92 Å². The predicted octanol–water partition coefficient (Wildman–Crippen LogP) is 2.86. The smallest absolute Gasteiger partial charge is 0.222 e. The van der Waals surface area contributed by atoms with Gasteiger partial charge >= 0.3 is 0 Å². The van der Waals surface area contributed by atoms with Crippen molar-refractivity contribution in [1.29, 1.82) is 0 Å². The largest absolute Gasteiger partial charge is 0.508 e. The lowest BCUT2D eigenvalue weighted by atomic mass is 9.99. The van der Waals surface area contributed by atoms with Crippen molar-refractivity contribution in [1.82, 2.24) is 4.90 Å². The molecule has 0 aliphatic carbocycles. The number of hydrogen-bond donors (Lipinski definition) is 1. The molecule has 1 aliphatic heterocycles. The maximum atomic E-state index is 12.0. The molecule has 18 heavy (non-hydrogen) atoms. The minimum atomic E-state index is 0.248. The predicted molar refractivity (Wildman–Crippen MR) is 71.4 cm³/mol. The summed E-state index contributed by atoms with van der Waals surface area (Å²) in [4.78, 5) is 13.9. The molecule has 0 saturated heterocycles. The van der Waals surface area contributed by atoms with Gasteiger partial charge in [0.05, 0.1) is 0 Å². The fourth-order valence-corrected chi connectivity index (χ4v) is 2.44. The van der Waals surface area contributed by atoms with E-state index in [1.807, 2.05) is 11.0 Å². The Morgan fingerprint density at radius 1 is 1.33 bits per heavy atom. The van der Waals surface area contributed by atoms with Gasteiger partial charge in [-0.15, -0.1) is 0 Å². The molecule has 0 atom stereocenters. The van der Waals surface area contributed by atoms with E-state index in [-0.39, 0.29) is 11.7 Å². The van der Waals surface area contributed by atoms with Crippen LogP contribution in [0.1, 0.15) is 43.7 Å². The highest BCUT2D eigenvalue weighted by atomic mass is 16.3. The zero-order chi connectivity index (χ0) is 13.0. The number of phenolic OH excluding ortho intramolecular Hbond substituents is 1. The summed E-state index contributed by atoms with van der Waals surface area (Å²) in [5, 5.41) is 9.48. The zero-order valence-corrected chi connectivity index (χ0v) is 11.0. The van der Waals surface area contributed by atoms with Crippen LogP contribution in [-0.2, 0) is 17.8 Å². The molecule has 0 aromatic heterocycles. The molecular formula is C15H21NO2. The van der Waals surface area contributed by atoms with Crippen LogP contribution in [0.4, 0.5) is 0 Å². The van der Waals surface area contributed by atoms with E-state index in [1.54, 1.807) is 12.1 Å². The van der Waals surface area contributed by atoms with Crippen molar-refractivity contribution >= 4 is 5.91 Å². The average molecular weight is 247 g/mol. The van der Waals surface area contributed by atoms with Gasteiger partial charge < -0.3 is 10.0 Å². The second kappa shape index (κ2) is 5.89. The normalized spacial score (nSPS) is 14.4. The number of carbonyl (C=O) groups is 1. The number of fused-ring (bicyclic) bond motifs is 1. The molecule has 3 nitrogen and oxygen atoms in total. The van der Waals surface area contributed by atoms with Crippen molar-refractivity contribution in [2.75, 3.05) is 6.54 Å². The lowest BCUT2D eigenvalue weighted by molar-refractivity contribution is -0.132. The van der Waals surface area contributed by atoms with Gasteiger partial charge in [-0.3, -0.25) is 4.79 Å². The van der Waals surface area contributed by atoms with Gasteiger partial charge in [0.15, 0.2) is 0 Å². The number of carbonyl (C=O) groups excluding carboxylic acids is 1. The highest BCUT2D eigenvalue weighted by Gasteiger charge is 2.20. The molecule has 2 rings (SSSR count). The maximum Gasteiger partial charge on any atom is 0.222 e. The summed E-state index contributed by atoms with van der Waals surface area (Å²) >= 11 is 0. The number of nitrogens with zero attached hydrogens (tertiary/aromatic N) is 1. The summed E-state index contributed by atoms with van der Waals surface area (Å²) < 4.78 is 0. The van der Waals surface area contributed by atoms with Crippen molar-refractivity contribution in [3.63, 3.8) is 0 Å². The first kappa shape index (κ1) is 12.9. The molecule has 0 spiro atoms. The molecule has 0 saturated carbocycles. The van der Waals surface area contributed by atoms with Crippen LogP contribution in [0.3, 0.4) is 0 Å². The van der Waals surface area contributed by atoms with Crippen LogP contribution in [0.2, 0.25) is 0 Å². The Morgan fingerprint density at radius 3 is 2.94 bits per heavy atom. The van der Waals surface area contributed by atoms with Crippen LogP contribution in [0.15, 0.2) is 18.2 Å². The number of hydrogen-bond acceptors (Lipinski definition) is 2. The minimum Gasteiger partial charge on any atom is -0.508 e. The highest BCUT2D eigenvalue weighted by Crippen LogP contribution is 2.23. The van der Waals surface area contributed by atoms with E-state index >= 15 is 0 Å². The van der Waals surface area contributed by atoms with Gasteiger partial charge in [0.1, 0.15) is 5.75 Å². The molecule has 0 fully saturated rings. The Kier molecular flexibility index (Phi) is 4.24. The first-order valence-corrected chi connectivity index (χ1v) is 6.79. The Labute approximate surface area is 108 Å². The van der Waals surface area contributed by atoms with Crippen molar-refractivity contribution < 1.29 is 9.90 Å². The van der Waals surface area contributed by atoms with E-state index in [0.717, 1.165) is 37.8 Å². The topological polar surface area (TPSA) is 40.5 Å². The fraction of sp³-hybridized carbons (Fsp3) is 0.533. The zero-order valence-electron chi connectivity index (χ0n) is 11.0. The van der Waals surface area contributed by atoms with Gasteiger partial charge in [-0.25, -0.2) is 0 Å². The Bertz CT molecular complexity index is 429. The highest BCUT2D eigenvalue weighted by molar-refractivity contribution is 5.76. The molecular weight excluding hydrogens is 226 g/mol. The van der Waals surface area contributed by atoms with Gasteiger partial charge in [0, 0.05) is 19.5 Å². The summed E-state index contributed by atoms with van der Waals surface area (Å²) in [5.74, 6) is 0.534. The average Bonchev–Trinajstić information content (AvgIpc) is 2.38. The number of unbranched alkanes of at least 4 members (excludes halogenated alkanes) is 2. The molecule has 1 N–H and O–H groups in total. The third-order valence-corrected chi connectivity index (χ3v) is 3.55.